The molecule has 4 nitrogen and oxygen atoms in total. The summed E-state index contributed by atoms with van der Waals surface area (Å²) in [5, 5.41) is 12.3. The maximum Gasteiger partial charge on any atom is 0.198 e. The van der Waals surface area contributed by atoms with Gasteiger partial charge in [0.1, 0.15) is 5.75 Å². The fraction of sp³-hybridized carbons (Fsp3) is 0.227. The van der Waals surface area contributed by atoms with E-state index in [1.807, 2.05) is 12.1 Å². The zero-order valence-electron chi connectivity index (χ0n) is 15.3. The molecule has 0 spiro atoms. The van der Waals surface area contributed by atoms with Gasteiger partial charge in [0.2, 0.25) is 0 Å². The molecule has 0 radical (unpaired) electrons. The van der Waals surface area contributed by atoms with Gasteiger partial charge >= 0.3 is 0 Å². The molecule has 0 amide bonds. The third-order valence-electron chi connectivity index (χ3n) is 4.33. The maximum absolute atomic E-state index is 15.2. The highest BCUT2D eigenvalue weighted by atomic mass is 19.1. The second kappa shape index (κ2) is 9.92. The van der Waals surface area contributed by atoms with Crippen LogP contribution in [0.5, 0.6) is 11.5 Å². The first kappa shape index (κ1) is 19.9. The van der Waals surface area contributed by atoms with Crippen LogP contribution in [-0.2, 0) is 6.42 Å². The zero-order chi connectivity index (χ0) is 19.8. The number of aromatic nitrogens is 1. The van der Waals surface area contributed by atoms with Gasteiger partial charge in [-0.25, -0.2) is 8.78 Å². The van der Waals surface area contributed by atoms with Crippen molar-refractivity contribution in [2.75, 3.05) is 13.2 Å². The molecular weight excluding hydrogens is 362 g/mol. The molecule has 0 saturated heterocycles. The van der Waals surface area contributed by atoms with E-state index in [-0.39, 0.29) is 6.61 Å². The van der Waals surface area contributed by atoms with Gasteiger partial charge in [-0.05, 0) is 55.3 Å². The average molecular weight is 384 g/mol. The molecule has 6 heteroatoms. The van der Waals surface area contributed by atoms with Crippen molar-refractivity contribution in [2.45, 2.75) is 18.9 Å². The highest BCUT2D eigenvalue weighted by molar-refractivity contribution is 5.38. The van der Waals surface area contributed by atoms with Crippen molar-refractivity contribution in [1.82, 2.24) is 10.3 Å². The fourth-order valence-corrected chi connectivity index (χ4v) is 2.92. The number of ether oxygens (including phenoxy) is 1. The smallest absolute Gasteiger partial charge is 0.198 e. The lowest BCUT2D eigenvalue weighted by atomic mass is 9.98. The number of aliphatic hydroxyl groups excluding tert-OH is 1. The molecule has 28 heavy (non-hydrogen) atoms. The van der Waals surface area contributed by atoms with Gasteiger partial charge in [-0.2, -0.15) is 0 Å². The highest BCUT2D eigenvalue weighted by Crippen LogP contribution is 2.33. The Balaban J connectivity index is 1.91. The van der Waals surface area contributed by atoms with Crippen LogP contribution in [0.25, 0.3) is 0 Å². The summed E-state index contributed by atoms with van der Waals surface area (Å²) in [5.41, 5.74) is 1.27. The van der Waals surface area contributed by atoms with Crippen LogP contribution in [0, 0.1) is 11.6 Å². The Morgan fingerprint density at radius 2 is 1.75 bits per heavy atom. The van der Waals surface area contributed by atoms with Crippen LogP contribution in [0.3, 0.4) is 0 Å². The molecule has 0 fully saturated rings. The summed E-state index contributed by atoms with van der Waals surface area (Å²) in [7, 11) is 0. The number of nitrogens with zero attached hydrogens (tertiary/aromatic N) is 1. The quantitative estimate of drug-likeness (QED) is 0.537. The number of pyridine rings is 1. The van der Waals surface area contributed by atoms with E-state index in [0.29, 0.717) is 30.7 Å². The van der Waals surface area contributed by atoms with Gasteiger partial charge in [0.05, 0.1) is 0 Å². The van der Waals surface area contributed by atoms with Crippen molar-refractivity contribution in [3.05, 3.63) is 89.8 Å². The summed E-state index contributed by atoms with van der Waals surface area (Å²) in [6.45, 7) is 0.529. The lowest BCUT2D eigenvalue weighted by molar-refractivity contribution is 0.282. The van der Waals surface area contributed by atoms with E-state index < -0.39 is 23.4 Å². The second-order valence-corrected chi connectivity index (χ2v) is 6.34. The first-order chi connectivity index (χ1) is 13.7. The number of para-hydroxylation sites is 1. The van der Waals surface area contributed by atoms with Gasteiger partial charge in [0, 0.05) is 30.6 Å². The number of hydrogen-bond acceptors (Lipinski definition) is 4. The van der Waals surface area contributed by atoms with E-state index in [0.717, 1.165) is 5.56 Å². The Labute approximate surface area is 162 Å². The Morgan fingerprint density at radius 3 is 2.46 bits per heavy atom. The molecule has 0 aliphatic heterocycles. The van der Waals surface area contributed by atoms with E-state index >= 15 is 4.39 Å². The molecule has 3 rings (SSSR count). The lowest BCUT2D eigenvalue weighted by Crippen LogP contribution is -2.26. The van der Waals surface area contributed by atoms with Crippen LogP contribution < -0.4 is 10.1 Å². The van der Waals surface area contributed by atoms with Crippen LogP contribution in [0.15, 0.2) is 67.0 Å². The molecule has 146 valence electrons. The molecule has 0 aliphatic rings. The van der Waals surface area contributed by atoms with Crippen molar-refractivity contribution in [3.63, 3.8) is 0 Å². The topological polar surface area (TPSA) is 54.4 Å². The van der Waals surface area contributed by atoms with Gasteiger partial charge in [-0.15, -0.1) is 0 Å². The molecule has 2 N–H and O–H groups in total. The molecule has 0 aliphatic carbocycles. The van der Waals surface area contributed by atoms with E-state index in [2.05, 4.69) is 10.3 Å². The van der Waals surface area contributed by atoms with E-state index in [1.165, 1.54) is 12.1 Å². The normalized spacial score (nSPS) is 12.0. The third kappa shape index (κ3) is 5.12. The van der Waals surface area contributed by atoms with Crippen LogP contribution >= 0.6 is 0 Å². The van der Waals surface area contributed by atoms with E-state index in [9.17, 15) is 4.39 Å². The predicted molar refractivity (Wildman–Crippen MR) is 103 cm³/mol. The van der Waals surface area contributed by atoms with Crippen molar-refractivity contribution >= 4 is 0 Å². The van der Waals surface area contributed by atoms with Crippen LogP contribution in [0.2, 0.25) is 0 Å². The molecule has 0 saturated carbocycles. The SMILES string of the molecule is OCCCNC(Cc1ccncc1)c1ccc(F)c(Oc2ccccc2)c1F. The number of rotatable bonds is 9. The summed E-state index contributed by atoms with van der Waals surface area (Å²) >= 11 is 0. The third-order valence-corrected chi connectivity index (χ3v) is 4.33. The Kier molecular flexibility index (Phi) is 7.06. The molecule has 0 bridgehead atoms. The van der Waals surface area contributed by atoms with Crippen molar-refractivity contribution in [1.29, 1.82) is 0 Å². The van der Waals surface area contributed by atoms with Gasteiger partial charge < -0.3 is 15.2 Å². The van der Waals surface area contributed by atoms with Crippen molar-refractivity contribution < 1.29 is 18.6 Å². The van der Waals surface area contributed by atoms with Crippen LogP contribution in [0.1, 0.15) is 23.6 Å². The number of benzene rings is 2. The van der Waals surface area contributed by atoms with Crippen molar-refractivity contribution in [3.8, 4) is 11.5 Å². The lowest BCUT2D eigenvalue weighted by Gasteiger charge is -2.21. The Hall–Kier alpha value is -2.83. The summed E-state index contributed by atoms with van der Waals surface area (Å²) in [6, 6.07) is 14.5. The zero-order valence-corrected chi connectivity index (χ0v) is 15.3. The summed E-state index contributed by atoms with van der Waals surface area (Å²) in [6.07, 6.45) is 4.36. The average Bonchev–Trinajstić information content (AvgIpc) is 2.72. The fourth-order valence-electron chi connectivity index (χ4n) is 2.92. The van der Waals surface area contributed by atoms with E-state index in [4.69, 9.17) is 9.84 Å². The predicted octanol–water partition coefficient (Wildman–Crippen LogP) is 4.41. The number of nitrogens with one attached hydrogen (secondary N) is 1. The second-order valence-electron chi connectivity index (χ2n) is 6.34. The largest absolute Gasteiger partial charge is 0.451 e. The number of aliphatic hydroxyl groups is 1. The highest BCUT2D eigenvalue weighted by Gasteiger charge is 2.22. The minimum Gasteiger partial charge on any atom is -0.451 e. The summed E-state index contributed by atoms with van der Waals surface area (Å²) in [4.78, 5) is 3.99. The number of hydrogen-bond donors (Lipinski definition) is 2. The minimum atomic E-state index is -0.761. The minimum absolute atomic E-state index is 0.0310. The monoisotopic (exact) mass is 384 g/mol. The standard InChI is InChI=1S/C22H22F2N2O2/c23-19-8-7-18(21(24)22(19)28-17-5-2-1-3-6-17)20(26-11-4-14-27)15-16-9-12-25-13-10-16/h1-3,5-10,12-13,20,26-27H,4,11,14-15H2. The van der Waals surface area contributed by atoms with Crippen LogP contribution in [-0.4, -0.2) is 23.2 Å². The number of halogens is 2. The summed E-state index contributed by atoms with van der Waals surface area (Å²) < 4.78 is 35.0. The van der Waals surface area contributed by atoms with Gasteiger partial charge in [0.15, 0.2) is 17.4 Å². The van der Waals surface area contributed by atoms with Crippen molar-refractivity contribution in [2.24, 2.45) is 0 Å². The molecule has 1 heterocycles. The van der Waals surface area contributed by atoms with E-state index in [1.54, 1.807) is 42.7 Å². The molecule has 1 atom stereocenters. The molecule has 1 aromatic heterocycles. The van der Waals surface area contributed by atoms with Gasteiger partial charge in [-0.3, -0.25) is 4.98 Å². The Morgan fingerprint density at radius 1 is 1.00 bits per heavy atom. The molecule has 2 aromatic carbocycles. The first-order valence-corrected chi connectivity index (χ1v) is 9.13. The van der Waals surface area contributed by atoms with Crippen LogP contribution in [0.4, 0.5) is 8.78 Å². The molecule has 1 unspecified atom stereocenters. The summed E-state index contributed by atoms with van der Waals surface area (Å²) in [5.74, 6) is -1.56. The maximum atomic E-state index is 15.2. The van der Waals surface area contributed by atoms with Gasteiger partial charge in [-0.1, -0.05) is 24.3 Å². The molecule has 3 aromatic rings. The molecular formula is C22H22F2N2O2. The first-order valence-electron chi connectivity index (χ1n) is 9.13. The van der Waals surface area contributed by atoms with Gasteiger partial charge in [0.25, 0.3) is 0 Å². The Bertz CT molecular complexity index is 876.